The molecule has 0 fully saturated rings. The van der Waals surface area contributed by atoms with Crippen molar-refractivity contribution >= 4 is 40.7 Å². The van der Waals surface area contributed by atoms with Crippen LogP contribution in [0.15, 0.2) is 36.7 Å². The fraction of sp³-hybridized carbons (Fsp3) is 0.273. The van der Waals surface area contributed by atoms with Crippen molar-refractivity contribution in [2.24, 2.45) is 0 Å². The molecule has 0 atom stereocenters. The molecule has 0 aliphatic rings. The Balaban J connectivity index is 2.03. The van der Waals surface area contributed by atoms with Gasteiger partial charge in [0.2, 0.25) is 0 Å². The molecule has 2 heterocycles. The van der Waals surface area contributed by atoms with Crippen LogP contribution in [0.25, 0.3) is 5.82 Å². The molecule has 0 saturated heterocycles. The van der Waals surface area contributed by atoms with Gasteiger partial charge in [0.1, 0.15) is 0 Å². The number of carbonyl (C=O) groups is 2. The molecule has 2 aromatic heterocycles. The highest BCUT2D eigenvalue weighted by molar-refractivity contribution is 6.32. The lowest BCUT2D eigenvalue weighted by Gasteiger charge is -2.16. The molecular formula is C22H20Cl2F3N5O2. The number of halogens is 5. The van der Waals surface area contributed by atoms with Gasteiger partial charge in [-0.15, -0.1) is 0 Å². The zero-order chi connectivity index (χ0) is 25.0. The zero-order valence-corrected chi connectivity index (χ0v) is 19.6. The summed E-state index contributed by atoms with van der Waals surface area (Å²) >= 11 is 12.1. The molecular weight excluding hydrogens is 494 g/mol. The highest BCUT2D eigenvalue weighted by atomic mass is 35.5. The van der Waals surface area contributed by atoms with E-state index in [1.54, 1.807) is 6.92 Å². The third-order valence-corrected chi connectivity index (χ3v) is 5.33. The largest absolute Gasteiger partial charge is 0.434 e. The van der Waals surface area contributed by atoms with Gasteiger partial charge in [0.05, 0.1) is 28.0 Å². The number of aryl methyl sites for hydroxylation is 1. The summed E-state index contributed by atoms with van der Waals surface area (Å²) < 4.78 is 42.4. The van der Waals surface area contributed by atoms with Crippen LogP contribution in [0.2, 0.25) is 10.0 Å². The summed E-state index contributed by atoms with van der Waals surface area (Å²) in [5.41, 5.74) is -1.65. The van der Waals surface area contributed by atoms with E-state index in [1.165, 1.54) is 30.5 Å². The number of nitrogens with zero attached hydrogens (tertiary/aromatic N) is 3. The maximum Gasteiger partial charge on any atom is 0.434 e. The van der Waals surface area contributed by atoms with E-state index >= 15 is 0 Å². The van der Waals surface area contributed by atoms with Crippen molar-refractivity contribution in [1.29, 1.82) is 0 Å². The lowest BCUT2D eigenvalue weighted by atomic mass is 10.1. The molecule has 0 bridgehead atoms. The topological polar surface area (TPSA) is 88.9 Å². The van der Waals surface area contributed by atoms with Gasteiger partial charge in [-0.2, -0.15) is 18.3 Å². The van der Waals surface area contributed by atoms with Crippen molar-refractivity contribution in [3.8, 4) is 5.82 Å². The van der Waals surface area contributed by atoms with Gasteiger partial charge < -0.3 is 10.6 Å². The minimum absolute atomic E-state index is 0.0307. The lowest BCUT2D eigenvalue weighted by Crippen LogP contribution is -2.27. The summed E-state index contributed by atoms with van der Waals surface area (Å²) in [7, 11) is 0. The van der Waals surface area contributed by atoms with E-state index < -0.39 is 29.2 Å². The quantitative estimate of drug-likeness (QED) is 0.397. The Hall–Kier alpha value is -3.11. The van der Waals surface area contributed by atoms with Gasteiger partial charge in [0.15, 0.2) is 11.5 Å². The second kappa shape index (κ2) is 10.4. The molecule has 7 nitrogen and oxygen atoms in total. The van der Waals surface area contributed by atoms with Crippen LogP contribution in [0.4, 0.5) is 18.9 Å². The van der Waals surface area contributed by atoms with Gasteiger partial charge in [0, 0.05) is 17.8 Å². The minimum atomic E-state index is -4.96. The highest BCUT2D eigenvalue weighted by Crippen LogP contribution is 2.35. The van der Waals surface area contributed by atoms with Gasteiger partial charge in [-0.3, -0.25) is 9.59 Å². The normalized spacial score (nSPS) is 11.4. The van der Waals surface area contributed by atoms with Crippen LogP contribution in [0.3, 0.4) is 0 Å². The van der Waals surface area contributed by atoms with Crippen LogP contribution in [0.1, 0.15) is 51.7 Å². The van der Waals surface area contributed by atoms with Crippen LogP contribution >= 0.6 is 23.2 Å². The van der Waals surface area contributed by atoms with E-state index in [9.17, 15) is 22.8 Å². The van der Waals surface area contributed by atoms with E-state index in [2.05, 4.69) is 20.7 Å². The Morgan fingerprint density at radius 2 is 1.88 bits per heavy atom. The Labute approximate surface area is 203 Å². The first-order valence-electron chi connectivity index (χ1n) is 10.2. The van der Waals surface area contributed by atoms with Crippen molar-refractivity contribution in [1.82, 2.24) is 20.1 Å². The summed E-state index contributed by atoms with van der Waals surface area (Å²) in [6.07, 6.45) is -1.35. The van der Waals surface area contributed by atoms with Gasteiger partial charge in [-0.1, -0.05) is 36.5 Å². The second-order valence-electron chi connectivity index (χ2n) is 7.33. The zero-order valence-electron chi connectivity index (χ0n) is 18.1. The molecule has 2 amide bonds. The van der Waals surface area contributed by atoms with Crippen LogP contribution in [0.5, 0.6) is 0 Å². The number of pyridine rings is 1. The molecule has 1 aromatic carbocycles. The van der Waals surface area contributed by atoms with Crippen molar-refractivity contribution in [3.05, 3.63) is 69.1 Å². The number of hydrogen-bond donors (Lipinski definition) is 2. The maximum absolute atomic E-state index is 14.0. The van der Waals surface area contributed by atoms with E-state index in [1.807, 2.05) is 6.92 Å². The van der Waals surface area contributed by atoms with E-state index in [0.717, 1.165) is 19.0 Å². The number of rotatable bonds is 7. The number of aromatic nitrogens is 3. The van der Waals surface area contributed by atoms with Gasteiger partial charge in [-0.25, -0.2) is 9.67 Å². The Morgan fingerprint density at radius 3 is 2.53 bits per heavy atom. The van der Waals surface area contributed by atoms with Crippen LogP contribution < -0.4 is 10.6 Å². The first-order chi connectivity index (χ1) is 16.0. The van der Waals surface area contributed by atoms with Crippen molar-refractivity contribution in [2.45, 2.75) is 32.9 Å². The standard InChI is InChI=1S/C22H20Cl2F3N5O2/c1-3-4-7-29-20(33)14-10-13(23)9-12(2)17(14)31-21(34)15-11-30-32(18(15)22(25,26)27)19-16(24)6-5-8-28-19/h5-6,8-11H,3-4,7H2,1-2H3,(H,29,33)(H,31,34). The van der Waals surface area contributed by atoms with Crippen molar-refractivity contribution < 1.29 is 22.8 Å². The SMILES string of the molecule is CCCCNC(=O)c1cc(Cl)cc(C)c1NC(=O)c1cnn(-c2ncccc2Cl)c1C(F)(F)F. The summed E-state index contributed by atoms with van der Waals surface area (Å²) in [5, 5.41) is 9.00. The number of hydrogen-bond acceptors (Lipinski definition) is 4. The number of anilines is 1. The summed E-state index contributed by atoms with van der Waals surface area (Å²) in [6, 6.07) is 5.63. The third kappa shape index (κ3) is 5.51. The number of amides is 2. The number of nitrogens with one attached hydrogen (secondary N) is 2. The molecule has 2 N–H and O–H groups in total. The molecule has 34 heavy (non-hydrogen) atoms. The lowest BCUT2D eigenvalue weighted by molar-refractivity contribution is -0.143. The van der Waals surface area contributed by atoms with Crippen LogP contribution in [-0.2, 0) is 6.18 Å². The molecule has 0 radical (unpaired) electrons. The average Bonchev–Trinajstić information content (AvgIpc) is 3.21. The first-order valence-corrected chi connectivity index (χ1v) is 11.0. The molecule has 3 aromatic rings. The maximum atomic E-state index is 14.0. The summed E-state index contributed by atoms with van der Waals surface area (Å²) in [5.74, 6) is -1.91. The second-order valence-corrected chi connectivity index (χ2v) is 8.18. The predicted molar refractivity (Wildman–Crippen MR) is 123 cm³/mol. The Morgan fingerprint density at radius 1 is 1.15 bits per heavy atom. The summed E-state index contributed by atoms with van der Waals surface area (Å²) in [4.78, 5) is 29.5. The van der Waals surface area contributed by atoms with Gasteiger partial charge in [-0.05, 0) is 43.2 Å². The van der Waals surface area contributed by atoms with Gasteiger partial charge in [0.25, 0.3) is 11.8 Å². The first kappa shape index (κ1) is 25.5. The fourth-order valence-electron chi connectivity index (χ4n) is 3.22. The molecule has 0 unspecified atom stereocenters. The molecule has 0 saturated carbocycles. The number of carbonyl (C=O) groups excluding carboxylic acids is 2. The van der Waals surface area contributed by atoms with Gasteiger partial charge >= 0.3 is 6.18 Å². The Bertz CT molecular complexity index is 1230. The number of alkyl halides is 3. The highest BCUT2D eigenvalue weighted by Gasteiger charge is 2.41. The molecule has 0 aliphatic carbocycles. The summed E-state index contributed by atoms with van der Waals surface area (Å²) in [6.45, 7) is 3.92. The molecule has 0 aliphatic heterocycles. The average molecular weight is 514 g/mol. The molecule has 180 valence electrons. The van der Waals surface area contributed by atoms with E-state index in [0.29, 0.717) is 16.8 Å². The van der Waals surface area contributed by atoms with Crippen molar-refractivity contribution in [3.63, 3.8) is 0 Å². The van der Waals surface area contributed by atoms with E-state index in [-0.39, 0.29) is 27.1 Å². The number of benzene rings is 1. The van der Waals surface area contributed by atoms with Crippen LogP contribution in [-0.4, -0.2) is 33.1 Å². The number of unbranched alkanes of at least 4 members (excludes halogenated alkanes) is 1. The predicted octanol–water partition coefficient (Wildman–Crippen LogP) is 5.68. The third-order valence-electron chi connectivity index (χ3n) is 4.82. The Kier molecular flexibility index (Phi) is 7.83. The van der Waals surface area contributed by atoms with E-state index in [4.69, 9.17) is 23.2 Å². The fourth-order valence-corrected chi connectivity index (χ4v) is 3.70. The van der Waals surface area contributed by atoms with Crippen molar-refractivity contribution in [2.75, 3.05) is 11.9 Å². The molecule has 12 heteroatoms. The monoisotopic (exact) mass is 513 g/mol. The molecule has 0 spiro atoms. The minimum Gasteiger partial charge on any atom is -0.352 e. The molecule has 3 rings (SSSR count). The smallest absolute Gasteiger partial charge is 0.352 e. The van der Waals surface area contributed by atoms with Crippen LogP contribution in [0, 0.1) is 6.92 Å².